The quantitative estimate of drug-likeness (QED) is 0.192. The van der Waals surface area contributed by atoms with Gasteiger partial charge in [0, 0.05) is 37.6 Å². The number of ether oxygens (including phenoxy) is 2. The third kappa shape index (κ3) is 5.84. The van der Waals surface area contributed by atoms with E-state index in [1.165, 1.54) is 6.08 Å². The van der Waals surface area contributed by atoms with E-state index in [0.29, 0.717) is 59.3 Å². The summed E-state index contributed by atoms with van der Waals surface area (Å²) < 4.78 is 12.1. The molecule has 10 nitrogen and oxygen atoms in total. The molecule has 0 unspecified atom stereocenters. The molecule has 2 N–H and O–H groups in total. The molecular weight excluding hydrogens is 518 g/mol. The van der Waals surface area contributed by atoms with E-state index in [9.17, 15) is 10.1 Å². The predicted molar refractivity (Wildman–Crippen MR) is 153 cm³/mol. The topological polar surface area (TPSA) is 129 Å². The second kappa shape index (κ2) is 11.6. The zero-order valence-corrected chi connectivity index (χ0v) is 21.9. The van der Waals surface area contributed by atoms with Crippen molar-refractivity contribution in [3.05, 3.63) is 103 Å². The van der Waals surface area contributed by atoms with E-state index in [0.717, 1.165) is 5.75 Å². The highest BCUT2D eigenvalue weighted by Gasteiger charge is 2.29. The number of hydrogen-bond acceptors (Lipinski definition) is 8. The number of carbonyl (C=O) groups excluding carboxylic acids is 1. The van der Waals surface area contributed by atoms with Gasteiger partial charge >= 0.3 is 0 Å². The van der Waals surface area contributed by atoms with Crippen LogP contribution < -0.4 is 14.8 Å². The third-order valence-corrected chi connectivity index (χ3v) is 6.60. The maximum absolute atomic E-state index is 13.0. The van der Waals surface area contributed by atoms with Crippen molar-refractivity contribution in [1.29, 1.82) is 5.26 Å². The van der Waals surface area contributed by atoms with E-state index in [4.69, 9.17) is 9.47 Å². The van der Waals surface area contributed by atoms with Crippen molar-refractivity contribution in [2.75, 3.05) is 18.4 Å². The van der Waals surface area contributed by atoms with Crippen LogP contribution in [0.4, 0.5) is 5.82 Å². The summed E-state index contributed by atoms with van der Waals surface area (Å²) in [5, 5.41) is 21.1. The highest BCUT2D eigenvalue weighted by molar-refractivity contribution is 6.01. The van der Waals surface area contributed by atoms with Crippen LogP contribution in [0.15, 0.2) is 96.8 Å². The molecule has 1 amide bonds. The summed E-state index contributed by atoms with van der Waals surface area (Å²) >= 11 is 0. The molecule has 0 bridgehead atoms. The largest absolute Gasteiger partial charge is 0.457 e. The van der Waals surface area contributed by atoms with Gasteiger partial charge in [-0.25, -0.2) is 4.98 Å². The second-order valence-corrected chi connectivity index (χ2v) is 9.40. The molecule has 41 heavy (non-hydrogen) atoms. The predicted octanol–water partition coefficient (Wildman–Crippen LogP) is 5.56. The molecule has 202 valence electrons. The minimum absolute atomic E-state index is 0.0506. The number of aromatic amines is 1. The normalized spacial score (nSPS) is 15.0. The average molecular weight is 544 g/mol. The molecule has 2 aromatic carbocycles. The molecule has 1 aliphatic heterocycles. The zero-order valence-electron chi connectivity index (χ0n) is 21.9. The summed E-state index contributed by atoms with van der Waals surface area (Å²) in [7, 11) is 0. The lowest BCUT2D eigenvalue weighted by Gasteiger charge is -2.17. The van der Waals surface area contributed by atoms with Crippen LogP contribution in [0, 0.1) is 11.3 Å². The number of aromatic nitrogens is 4. The lowest BCUT2D eigenvalue weighted by molar-refractivity contribution is -0.125. The molecule has 5 aromatic rings. The molecule has 10 heteroatoms. The van der Waals surface area contributed by atoms with E-state index in [1.807, 2.05) is 66.7 Å². The number of H-pyrrole nitrogens is 1. The van der Waals surface area contributed by atoms with Crippen LogP contribution >= 0.6 is 0 Å². The van der Waals surface area contributed by atoms with Gasteiger partial charge < -0.3 is 19.7 Å². The maximum atomic E-state index is 13.0. The minimum Gasteiger partial charge on any atom is -0.457 e. The number of hydrogen-bond donors (Lipinski definition) is 2. The van der Waals surface area contributed by atoms with E-state index < -0.39 is 0 Å². The van der Waals surface area contributed by atoms with Crippen molar-refractivity contribution in [3.8, 4) is 29.1 Å². The second-order valence-electron chi connectivity index (χ2n) is 9.40. The molecule has 6 rings (SSSR count). The molecular formula is C31H25N7O3. The molecule has 4 heterocycles. The molecule has 0 aliphatic carbocycles. The van der Waals surface area contributed by atoms with Crippen LogP contribution in [-0.4, -0.2) is 50.1 Å². The fourth-order valence-corrected chi connectivity index (χ4v) is 4.62. The summed E-state index contributed by atoms with van der Waals surface area (Å²) in [6.45, 7) is 0.937. The van der Waals surface area contributed by atoms with E-state index in [2.05, 4.69) is 25.5 Å². The number of nitrogens with one attached hydrogen (secondary N) is 2. The number of pyridine rings is 2. The van der Waals surface area contributed by atoms with Gasteiger partial charge in [-0.1, -0.05) is 24.3 Å². The Morgan fingerprint density at radius 1 is 0.951 bits per heavy atom. The Morgan fingerprint density at radius 3 is 2.46 bits per heavy atom. The number of rotatable bonds is 8. The number of likely N-dealkylation sites (tertiary alicyclic amines) is 1. The Morgan fingerprint density at radius 2 is 1.71 bits per heavy atom. The summed E-state index contributed by atoms with van der Waals surface area (Å²) in [5.41, 5.74) is 1.19. The number of anilines is 1. The van der Waals surface area contributed by atoms with Crippen LogP contribution in [0.3, 0.4) is 0 Å². The Bertz CT molecular complexity index is 1730. The Labute approximate surface area is 235 Å². The van der Waals surface area contributed by atoms with Gasteiger partial charge in [0.2, 0.25) is 0 Å². The number of carbonyl (C=O) groups is 1. The van der Waals surface area contributed by atoms with E-state index in [-0.39, 0.29) is 17.5 Å². The number of fused-ring (bicyclic) bond motifs is 1. The van der Waals surface area contributed by atoms with Gasteiger partial charge in [-0.05, 0) is 61.0 Å². The fourth-order valence-electron chi connectivity index (χ4n) is 4.62. The molecule has 0 spiro atoms. The molecule has 1 aliphatic rings. The molecule has 3 aromatic heterocycles. The highest BCUT2D eigenvalue weighted by Crippen LogP contribution is 2.34. The van der Waals surface area contributed by atoms with Gasteiger partial charge in [0.25, 0.3) is 5.91 Å². The number of para-hydroxylation sites is 1. The van der Waals surface area contributed by atoms with Crippen molar-refractivity contribution in [2.45, 2.75) is 12.5 Å². The van der Waals surface area contributed by atoms with Gasteiger partial charge in [-0.2, -0.15) is 10.4 Å². The summed E-state index contributed by atoms with van der Waals surface area (Å²) in [6.07, 6.45) is 5.49. The molecule has 1 atom stereocenters. The minimum atomic E-state index is -0.320. The lowest BCUT2D eigenvalue weighted by Crippen LogP contribution is -2.32. The van der Waals surface area contributed by atoms with Gasteiger partial charge in [0.1, 0.15) is 40.0 Å². The van der Waals surface area contributed by atoms with Crippen LogP contribution in [0.25, 0.3) is 17.1 Å². The Hall–Kier alpha value is -5.69. The first-order valence-electron chi connectivity index (χ1n) is 13.1. The Kier molecular flexibility index (Phi) is 7.23. The van der Waals surface area contributed by atoms with Crippen LogP contribution in [0.5, 0.6) is 23.0 Å². The lowest BCUT2D eigenvalue weighted by atomic mass is 10.2. The van der Waals surface area contributed by atoms with Gasteiger partial charge in [0.05, 0.1) is 5.69 Å². The fraction of sp³-hybridized carbons (Fsp3) is 0.129. The average Bonchev–Trinajstić information content (AvgIpc) is 3.66. The number of amides is 1. The van der Waals surface area contributed by atoms with Crippen LogP contribution in [0.2, 0.25) is 0 Å². The van der Waals surface area contributed by atoms with Crippen molar-refractivity contribution in [2.24, 2.45) is 0 Å². The molecule has 1 saturated heterocycles. The third-order valence-electron chi connectivity index (χ3n) is 6.60. The Balaban J connectivity index is 1.14. The highest BCUT2D eigenvalue weighted by atomic mass is 16.5. The molecule has 0 radical (unpaired) electrons. The van der Waals surface area contributed by atoms with Gasteiger partial charge in [-0.15, -0.1) is 0 Å². The first-order chi connectivity index (χ1) is 20.2. The summed E-state index contributed by atoms with van der Waals surface area (Å²) in [5.74, 6) is 2.93. The first kappa shape index (κ1) is 25.6. The van der Waals surface area contributed by atoms with Gasteiger partial charge in [0.15, 0.2) is 11.5 Å². The van der Waals surface area contributed by atoms with E-state index in [1.54, 1.807) is 35.5 Å². The molecule has 1 fully saturated rings. The summed E-state index contributed by atoms with van der Waals surface area (Å²) in [4.78, 5) is 23.3. The number of nitrogens with zero attached hydrogens (tertiary/aromatic N) is 5. The van der Waals surface area contributed by atoms with Crippen molar-refractivity contribution < 1.29 is 14.3 Å². The summed E-state index contributed by atoms with van der Waals surface area (Å²) in [6, 6.07) is 26.0. The van der Waals surface area contributed by atoms with Crippen molar-refractivity contribution >= 4 is 28.8 Å². The maximum Gasteiger partial charge on any atom is 0.264 e. The standard InChI is InChI=1S/C31H25N7O3/c32-19-21(18-22-6-4-5-15-33-22)31(39)38-17-14-23(20-38)35-30-28-27(13-16-34-29(28)36-37-30)41-26-11-9-25(10-12-26)40-24-7-2-1-3-8-24/h1-13,15-16,18,23H,14,17,20H2,(H2,34,35,36,37)/b21-18-/t23-/m1/s1. The zero-order chi connectivity index (χ0) is 28.0. The van der Waals surface area contributed by atoms with Gasteiger partial charge in [-0.3, -0.25) is 14.9 Å². The van der Waals surface area contributed by atoms with Crippen molar-refractivity contribution in [3.63, 3.8) is 0 Å². The smallest absolute Gasteiger partial charge is 0.264 e. The molecule has 0 saturated carbocycles. The van der Waals surface area contributed by atoms with Crippen molar-refractivity contribution in [1.82, 2.24) is 25.1 Å². The first-order valence-corrected chi connectivity index (χ1v) is 13.1. The number of nitriles is 1. The van der Waals surface area contributed by atoms with E-state index >= 15 is 0 Å². The monoisotopic (exact) mass is 543 g/mol. The SMILES string of the molecule is N#C/C(=C/c1ccccn1)C(=O)N1CC[C@@H](Nc2n[nH]c3nccc(Oc4ccc(Oc5ccccc5)cc4)c23)C1. The number of benzene rings is 2. The van der Waals surface area contributed by atoms with Crippen LogP contribution in [0.1, 0.15) is 12.1 Å². The van der Waals surface area contributed by atoms with Crippen LogP contribution in [-0.2, 0) is 4.79 Å².